The Hall–Kier alpha value is -9.31. The molecule has 8 heterocycles. The summed E-state index contributed by atoms with van der Waals surface area (Å²) in [4.78, 5) is 104. The minimum Gasteiger partial charge on any atom is -0.504 e. The molecular weight excluding hydrogens is 1080 g/mol. The van der Waals surface area contributed by atoms with Gasteiger partial charge in [-0.1, -0.05) is 0 Å². The number of aliphatic hydroxyl groups excluding tert-OH is 1. The number of aliphatic hydroxyl groups is 4. The maximum Gasteiger partial charge on any atom is 0.346 e. The smallest absolute Gasteiger partial charge is 0.346 e. The molecule has 4 aromatic rings. The van der Waals surface area contributed by atoms with Crippen LogP contribution in [0.5, 0.6) is 69.0 Å². The van der Waals surface area contributed by atoms with E-state index in [-0.39, 0.29) is 0 Å². The molecule has 13 rings (SSSR count). The fourth-order valence-electron chi connectivity index (χ4n) is 11.7. The summed E-state index contributed by atoms with van der Waals surface area (Å²) in [6.45, 7) is -2.44. The number of phenols is 11. The molecule has 0 radical (unpaired) electrons. The molecule has 79 heavy (non-hydrogen) atoms. The molecule has 15 N–H and O–H groups in total. The molecule has 8 unspecified atom stereocenters. The highest BCUT2D eigenvalue weighted by Crippen LogP contribution is 2.76. The van der Waals surface area contributed by atoms with Crippen molar-refractivity contribution >= 4 is 41.6 Å². The Morgan fingerprint density at radius 1 is 0.582 bits per heavy atom. The molecule has 32 nitrogen and oxygen atoms in total. The van der Waals surface area contributed by atoms with E-state index in [1.165, 1.54) is 0 Å². The van der Waals surface area contributed by atoms with Gasteiger partial charge in [-0.2, -0.15) is 0 Å². The molecule has 6 bridgehead atoms. The largest absolute Gasteiger partial charge is 0.504 e. The molecule has 6 fully saturated rings. The minimum atomic E-state index is -4.05. The highest BCUT2D eigenvalue weighted by molar-refractivity contribution is 6.09. The summed E-state index contributed by atoms with van der Waals surface area (Å²) in [6.07, 6.45) is -19.5. The zero-order valence-electron chi connectivity index (χ0n) is 38.8. The fourth-order valence-corrected chi connectivity index (χ4v) is 11.7. The predicted octanol–water partition coefficient (Wildman–Crippen LogP) is -2.87. The molecule has 4 aromatic carbocycles. The third kappa shape index (κ3) is 6.05. The van der Waals surface area contributed by atoms with Crippen molar-refractivity contribution in [2.75, 3.05) is 13.2 Å². The highest BCUT2D eigenvalue weighted by Gasteiger charge is 2.97. The number of rotatable bonds is 2. The number of esters is 6. The minimum absolute atomic E-state index is 0.311. The Kier molecular flexibility index (Phi) is 10.2. The summed E-state index contributed by atoms with van der Waals surface area (Å²) >= 11 is 0. The van der Waals surface area contributed by atoms with Gasteiger partial charge in [0.1, 0.15) is 24.2 Å². The topological polar surface area (TPSA) is 515 Å². The van der Waals surface area contributed by atoms with Crippen LogP contribution in [0.2, 0.25) is 0 Å². The van der Waals surface area contributed by atoms with E-state index < -0.39 is 246 Å². The zero-order valence-corrected chi connectivity index (χ0v) is 38.8. The van der Waals surface area contributed by atoms with Crippen molar-refractivity contribution in [2.45, 2.75) is 78.2 Å². The van der Waals surface area contributed by atoms with Crippen LogP contribution in [0, 0.1) is 5.41 Å². The van der Waals surface area contributed by atoms with Gasteiger partial charge in [0.25, 0.3) is 11.6 Å². The molecule has 8 aliphatic heterocycles. The lowest BCUT2D eigenvalue weighted by Crippen LogP contribution is -2.88. The quantitative estimate of drug-likeness (QED) is 0.0545. The number of hydrogen-bond donors (Lipinski definition) is 15. The van der Waals surface area contributed by atoms with Gasteiger partial charge in [-0.15, -0.1) is 0 Å². The van der Waals surface area contributed by atoms with Crippen molar-refractivity contribution in [3.05, 3.63) is 58.1 Å². The number of carbonyl (C=O) groups excluding carboxylic acids is 7. The first-order valence-electron chi connectivity index (χ1n) is 22.8. The van der Waals surface area contributed by atoms with Crippen LogP contribution in [0.3, 0.4) is 0 Å². The number of ether oxygens (including phenoxy) is 10. The van der Waals surface area contributed by atoms with Crippen molar-refractivity contribution in [1.29, 1.82) is 0 Å². The molecule has 9 aliphatic rings. The number of benzene rings is 4. The number of Topliss-reactive ketones (excluding diaryl/α,β-unsaturated/α-hetero) is 1. The van der Waals surface area contributed by atoms with E-state index in [9.17, 15) is 95.8 Å². The van der Waals surface area contributed by atoms with Gasteiger partial charge in [0.15, 0.2) is 75.8 Å². The third-order valence-electron chi connectivity index (χ3n) is 15.2. The van der Waals surface area contributed by atoms with E-state index in [2.05, 4.69) is 0 Å². The van der Waals surface area contributed by atoms with Crippen molar-refractivity contribution in [1.82, 2.24) is 0 Å². The summed E-state index contributed by atoms with van der Waals surface area (Å²) in [7, 11) is 0. The van der Waals surface area contributed by atoms with E-state index in [0.29, 0.717) is 30.3 Å². The third-order valence-corrected chi connectivity index (χ3v) is 15.2. The lowest BCUT2D eigenvalue weighted by Gasteiger charge is -2.64. The average molecular weight is 1110 g/mol. The number of cyclic esters (lactones) is 1. The van der Waals surface area contributed by atoms with E-state index in [1.807, 2.05) is 0 Å². The van der Waals surface area contributed by atoms with Crippen LogP contribution in [0.25, 0.3) is 11.1 Å². The first-order chi connectivity index (χ1) is 37.1. The van der Waals surface area contributed by atoms with Gasteiger partial charge in [0.05, 0.1) is 34.8 Å². The van der Waals surface area contributed by atoms with E-state index in [0.717, 1.165) is 0 Å². The molecule has 0 amide bonds. The molecule has 2 spiro atoms. The Morgan fingerprint density at radius 2 is 1.14 bits per heavy atom. The molecule has 32 heteroatoms. The lowest BCUT2D eigenvalue weighted by atomic mass is 9.47. The molecule has 1 saturated carbocycles. The Labute approximate surface area is 433 Å². The monoisotopic (exact) mass is 1110 g/mol. The summed E-state index contributed by atoms with van der Waals surface area (Å²) in [5, 5.41) is 167. The molecule has 414 valence electrons. The van der Waals surface area contributed by atoms with Gasteiger partial charge < -0.3 is 124 Å². The van der Waals surface area contributed by atoms with Gasteiger partial charge in [0, 0.05) is 23.1 Å². The van der Waals surface area contributed by atoms with Crippen molar-refractivity contribution in [3.8, 4) is 80.1 Å². The molecule has 5 saturated heterocycles. The van der Waals surface area contributed by atoms with E-state index >= 15 is 14.4 Å². The van der Waals surface area contributed by atoms with Gasteiger partial charge in [-0.3, -0.25) is 9.59 Å². The Balaban J connectivity index is 1.13. The maximum absolute atomic E-state index is 16.2. The second-order valence-electron chi connectivity index (χ2n) is 19.2. The predicted molar refractivity (Wildman–Crippen MR) is 232 cm³/mol. The van der Waals surface area contributed by atoms with Crippen LogP contribution in [0.15, 0.2) is 30.3 Å². The van der Waals surface area contributed by atoms with Gasteiger partial charge in [0.2, 0.25) is 41.0 Å². The number of ketones is 1. The Morgan fingerprint density at radius 3 is 1.77 bits per heavy atom. The molecule has 1 aliphatic carbocycles. The summed E-state index contributed by atoms with van der Waals surface area (Å²) in [6, 6.07) is 2.11. The summed E-state index contributed by atoms with van der Waals surface area (Å²) in [5.41, 5.74) is -15.4. The van der Waals surface area contributed by atoms with Gasteiger partial charge >= 0.3 is 35.8 Å². The fraction of sp³-hybridized carbons (Fsp3) is 0.340. The first-order valence-corrected chi connectivity index (χ1v) is 22.8. The van der Waals surface area contributed by atoms with Crippen LogP contribution in [0.4, 0.5) is 0 Å². The number of hydrogen-bond acceptors (Lipinski definition) is 32. The van der Waals surface area contributed by atoms with E-state index in [1.54, 1.807) is 0 Å². The van der Waals surface area contributed by atoms with Crippen LogP contribution in [-0.4, -0.2) is 197 Å². The SMILES string of the molecule is O=C(O[C@@H]1O[C@@H]2COC(=O)c3cc(O)c(O)c(O)c3-c3c(cc(O)c(O)c3O)C(=O)O[C@@H]3[C@H]1OC(=O)c1cc(O)c(O)c4c1C1C(O)(O4)C4(O)OC5(C(=O)OC6C(O)COC65O)C1(CC4=O)C(=O)O[C@@H]32)c1cc(O)c(O)c(O)c1. The van der Waals surface area contributed by atoms with Gasteiger partial charge in [-0.25, -0.2) is 24.0 Å². The Bertz CT molecular complexity index is 3530. The second kappa shape index (κ2) is 15.9. The maximum atomic E-state index is 16.2. The number of carbonyl (C=O) groups is 7. The number of aromatic hydroxyl groups is 11. The first kappa shape index (κ1) is 50.5. The second-order valence-corrected chi connectivity index (χ2v) is 19.2. The van der Waals surface area contributed by atoms with Crippen LogP contribution in [-0.2, 0) is 57.0 Å². The molecular formula is C47H34O32. The van der Waals surface area contributed by atoms with Crippen molar-refractivity contribution < 1.29 is 158 Å². The normalized spacial score (nSPS) is 34.6. The van der Waals surface area contributed by atoms with Crippen LogP contribution < -0.4 is 4.74 Å². The summed E-state index contributed by atoms with van der Waals surface area (Å²) < 4.78 is 57.0. The van der Waals surface area contributed by atoms with E-state index in [4.69, 9.17) is 47.4 Å². The summed E-state index contributed by atoms with van der Waals surface area (Å²) in [5.74, 6) is -43.9. The van der Waals surface area contributed by atoms with Gasteiger partial charge in [-0.05, 0) is 30.3 Å². The van der Waals surface area contributed by atoms with Crippen LogP contribution in [0.1, 0.15) is 59.3 Å². The highest BCUT2D eigenvalue weighted by atomic mass is 16.8. The molecule has 0 aromatic heterocycles. The van der Waals surface area contributed by atoms with Crippen LogP contribution >= 0.6 is 0 Å². The standard InChI is InChI=1S/C47H34O32/c48-13-1-9(2-14(49)24(13)55)36(61)77-40-33-32-30(19(72-40)8-70-37(62)10-3-15(50)25(56)28(59)21(10)22-11(38(63)73-32)4-16(51)26(57)29(22)60)75-41(65)43-6-20(54)45(67,79-44(43)42(66)76-35-18(53)7-71-47(35,44)69)46(68)34(43)23-12(39(64)74-33)5-17(52)27(58)31(23)78-46/h1-5,18-19,30,32-35,40,48-53,55-60,67-69H,6-8H2/t18?,19-,30-,32+,33-,34?,35?,40+,43?,44?,45?,46?,47?/m1/s1. The molecule has 13 atom stereocenters. The van der Waals surface area contributed by atoms with Crippen molar-refractivity contribution in [3.63, 3.8) is 0 Å². The van der Waals surface area contributed by atoms with Crippen molar-refractivity contribution in [2.24, 2.45) is 5.41 Å². The number of fused-ring (bicyclic) bond motifs is 5. The lowest BCUT2D eigenvalue weighted by molar-refractivity contribution is -0.459. The number of phenolic OH excluding ortho intramolecular Hbond substituents is 11. The average Bonchev–Trinajstić information content (AvgIpc) is 1.67. The zero-order chi connectivity index (χ0) is 56.9.